The Hall–Kier alpha value is -1.22. The SMILES string of the molecule is C#Cc1ccc(C2C3CC4CC(C3)CC2(C23CC5CC(CC(C5)C2)C3)C4)cc1. The third kappa shape index (κ3) is 2.04. The monoisotopic (exact) mass is 370 g/mol. The van der Waals surface area contributed by atoms with Crippen LogP contribution in [0.25, 0.3) is 0 Å². The molecule has 1 aromatic rings. The molecular weight excluding hydrogens is 336 g/mol. The second-order valence-electron chi connectivity index (χ2n) is 12.2. The van der Waals surface area contributed by atoms with Gasteiger partial charge in [0.15, 0.2) is 0 Å². The Morgan fingerprint density at radius 3 is 1.68 bits per heavy atom. The highest BCUT2D eigenvalue weighted by Gasteiger charge is 2.68. The average molecular weight is 371 g/mol. The summed E-state index contributed by atoms with van der Waals surface area (Å²) in [5, 5.41) is 0. The minimum absolute atomic E-state index is 0.620. The van der Waals surface area contributed by atoms with Crippen molar-refractivity contribution in [2.24, 2.45) is 46.3 Å². The van der Waals surface area contributed by atoms with Gasteiger partial charge in [0.05, 0.1) is 0 Å². The van der Waals surface area contributed by atoms with Gasteiger partial charge in [-0.3, -0.25) is 0 Å². The molecule has 0 aliphatic heterocycles. The fraction of sp³-hybridized carbons (Fsp3) is 0.714. The van der Waals surface area contributed by atoms with Crippen molar-refractivity contribution in [2.45, 2.75) is 76.5 Å². The Bertz CT molecular complexity index is 787. The van der Waals surface area contributed by atoms with Gasteiger partial charge in [0.25, 0.3) is 0 Å². The maximum Gasteiger partial charge on any atom is 0.0242 e. The van der Waals surface area contributed by atoms with Gasteiger partial charge >= 0.3 is 0 Å². The van der Waals surface area contributed by atoms with E-state index < -0.39 is 0 Å². The highest BCUT2D eigenvalue weighted by molar-refractivity contribution is 5.38. The number of rotatable bonds is 2. The summed E-state index contributed by atoms with van der Waals surface area (Å²) in [6, 6.07) is 9.33. The standard InChI is InChI=1S/C28H34/c1-2-18-3-5-24(6-4-18)26-25-11-22-10-23(12-25)17-28(26,16-22)27-13-19-7-20(14-27)9-21(8-19)15-27/h1,3-6,19-23,25-26H,7-17H2. The molecule has 0 amide bonds. The minimum atomic E-state index is 0.620. The molecule has 1 aromatic carbocycles. The zero-order valence-electron chi connectivity index (χ0n) is 17.2. The van der Waals surface area contributed by atoms with Crippen LogP contribution in [-0.2, 0) is 0 Å². The Kier molecular flexibility index (Phi) is 3.24. The average Bonchev–Trinajstić information content (AvgIpc) is 2.66. The van der Waals surface area contributed by atoms with Crippen molar-refractivity contribution in [3.05, 3.63) is 35.4 Å². The Morgan fingerprint density at radius 1 is 0.679 bits per heavy atom. The normalized spacial score (nSPS) is 52.8. The first-order valence-corrected chi connectivity index (χ1v) is 12.2. The quantitative estimate of drug-likeness (QED) is 0.503. The van der Waals surface area contributed by atoms with E-state index >= 15 is 0 Å². The van der Waals surface area contributed by atoms with Crippen LogP contribution in [0, 0.1) is 58.7 Å². The van der Waals surface area contributed by atoms with E-state index in [1.54, 1.807) is 63.4 Å². The smallest absolute Gasteiger partial charge is 0.0242 e. The highest BCUT2D eigenvalue weighted by atomic mass is 14.7. The van der Waals surface area contributed by atoms with E-state index in [0.717, 1.165) is 47.0 Å². The molecule has 146 valence electrons. The van der Waals surface area contributed by atoms with Crippen LogP contribution < -0.4 is 0 Å². The van der Waals surface area contributed by atoms with E-state index in [-0.39, 0.29) is 0 Å². The molecule has 28 heavy (non-hydrogen) atoms. The van der Waals surface area contributed by atoms with Crippen molar-refractivity contribution in [3.8, 4) is 12.3 Å². The van der Waals surface area contributed by atoms with Crippen LogP contribution in [0.4, 0.5) is 0 Å². The van der Waals surface area contributed by atoms with Crippen LogP contribution in [-0.4, -0.2) is 0 Å². The molecule has 0 heterocycles. The Labute approximate surface area is 170 Å². The fourth-order valence-electron chi connectivity index (χ4n) is 10.9. The van der Waals surface area contributed by atoms with Crippen LogP contribution in [0.1, 0.15) is 87.7 Å². The molecule has 3 unspecified atom stereocenters. The lowest BCUT2D eigenvalue weighted by atomic mass is 9.32. The minimum Gasteiger partial charge on any atom is -0.115 e. The van der Waals surface area contributed by atoms with Crippen molar-refractivity contribution >= 4 is 0 Å². The lowest BCUT2D eigenvalue weighted by Gasteiger charge is -2.73. The molecule has 0 aromatic heterocycles. The summed E-state index contributed by atoms with van der Waals surface area (Å²) >= 11 is 0. The largest absolute Gasteiger partial charge is 0.115 e. The first-order valence-electron chi connectivity index (χ1n) is 12.2. The second kappa shape index (κ2) is 5.47. The van der Waals surface area contributed by atoms with E-state index in [2.05, 4.69) is 30.2 Å². The number of benzene rings is 1. The van der Waals surface area contributed by atoms with E-state index in [1.807, 2.05) is 0 Å². The van der Waals surface area contributed by atoms with Gasteiger partial charge < -0.3 is 0 Å². The van der Waals surface area contributed by atoms with Crippen molar-refractivity contribution in [3.63, 3.8) is 0 Å². The summed E-state index contributed by atoms with van der Waals surface area (Å²) in [7, 11) is 0. The molecule has 8 aliphatic carbocycles. The van der Waals surface area contributed by atoms with Crippen molar-refractivity contribution in [1.82, 2.24) is 0 Å². The summed E-state index contributed by atoms with van der Waals surface area (Å²) in [6.07, 6.45) is 22.9. The van der Waals surface area contributed by atoms with Gasteiger partial charge in [-0.05, 0) is 141 Å². The van der Waals surface area contributed by atoms with E-state index in [0.29, 0.717) is 10.8 Å². The zero-order valence-corrected chi connectivity index (χ0v) is 17.2. The molecule has 0 radical (unpaired) electrons. The van der Waals surface area contributed by atoms with Crippen LogP contribution in [0.5, 0.6) is 0 Å². The molecule has 0 saturated heterocycles. The van der Waals surface area contributed by atoms with Crippen LogP contribution in [0.2, 0.25) is 0 Å². The number of terminal acetylenes is 1. The summed E-state index contributed by atoms with van der Waals surface area (Å²) in [6.45, 7) is 0. The van der Waals surface area contributed by atoms with Gasteiger partial charge in [0.1, 0.15) is 0 Å². The Morgan fingerprint density at radius 2 is 1.18 bits per heavy atom. The van der Waals surface area contributed by atoms with Crippen LogP contribution in [0.15, 0.2) is 24.3 Å². The molecule has 8 saturated carbocycles. The molecule has 0 nitrogen and oxygen atoms in total. The van der Waals surface area contributed by atoms with Crippen molar-refractivity contribution in [2.75, 3.05) is 0 Å². The fourth-order valence-corrected chi connectivity index (χ4v) is 10.9. The van der Waals surface area contributed by atoms with Gasteiger partial charge in [-0.2, -0.15) is 0 Å². The summed E-state index contributed by atoms with van der Waals surface area (Å²) in [4.78, 5) is 0. The topological polar surface area (TPSA) is 0 Å². The third-order valence-electron chi connectivity index (χ3n) is 10.8. The molecule has 3 atom stereocenters. The van der Waals surface area contributed by atoms with Crippen LogP contribution >= 0.6 is 0 Å². The molecular formula is C28H34. The first kappa shape index (κ1) is 16.6. The van der Waals surface area contributed by atoms with Crippen LogP contribution in [0.3, 0.4) is 0 Å². The summed E-state index contributed by atoms with van der Waals surface area (Å²) < 4.78 is 0. The molecule has 0 spiro atoms. The lowest BCUT2D eigenvalue weighted by Crippen LogP contribution is -2.63. The summed E-state index contributed by atoms with van der Waals surface area (Å²) in [5.41, 5.74) is 4.01. The maximum absolute atomic E-state index is 5.67. The van der Waals surface area contributed by atoms with E-state index in [1.165, 1.54) is 12.8 Å². The van der Waals surface area contributed by atoms with Crippen molar-refractivity contribution < 1.29 is 0 Å². The number of hydrogen-bond donors (Lipinski definition) is 0. The molecule has 8 fully saturated rings. The molecule has 8 aliphatic rings. The van der Waals surface area contributed by atoms with E-state index in [9.17, 15) is 0 Å². The number of hydrogen-bond acceptors (Lipinski definition) is 0. The lowest BCUT2D eigenvalue weighted by molar-refractivity contribution is -0.211. The van der Waals surface area contributed by atoms with Gasteiger partial charge in [0.2, 0.25) is 0 Å². The maximum atomic E-state index is 5.67. The highest BCUT2D eigenvalue weighted by Crippen LogP contribution is 2.78. The zero-order chi connectivity index (χ0) is 18.5. The molecule has 0 N–H and O–H groups in total. The predicted octanol–water partition coefficient (Wildman–Crippen LogP) is 6.79. The third-order valence-corrected chi connectivity index (χ3v) is 10.8. The van der Waals surface area contributed by atoms with Gasteiger partial charge in [-0.15, -0.1) is 6.42 Å². The first-order chi connectivity index (χ1) is 13.7. The molecule has 0 heteroatoms. The predicted molar refractivity (Wildman–Crippen MR) is 114 cm³/mol. The van der Waals surface area contributed by atoms with Crippen molar-refractivity contribution in [1.29, 1.82) is 0 Å². The molecule has 9 rings (SSSR count). The molecule has 8 bridgehead atoms. The van der Waals surface area contributed by atoms with E-state index in [4.69, 9.17) is 6.42 Å². The Balaban J connectivity index is 1.37. The summed E-state index contributed by atoms with van der Waals surface area (Å²) in [5.74, 6) is 9.93. The van der Waals surface area contributed by atoms with Gasteiger partial charge in [0, 0.05) is 5.56 Å². The van der Waals surface area contributed by atoms with Gasteiger partial charge in [-0.25, -0.2) is 0 Å². The second-order valence-corrected chi connectivity index (χ2v) is 12.2. The van der Waals surface area contributed by atoms with Gasteiger partial charge in [-0.1, -0.05) is 18.1 Å².